The van der Waals surface area contributed by atoms with Gasteiger partial charge in [0.25, 0.3) is 0 Å². The van der Waals surface area contributed by atoms with Crippen LogP contribution in [-0.4, -0.2) is 31.1 Å². The van der Waals surface area contributed by atoms with Gasteiger partial charge in [0, 0.05) is 19.6 Å². The Morgan fingerprint density at radius 1 is 1.29 bits per heavy atom. The lowest BCUT2D eigenvalue weighted by molar-refractivity contribution is 0.284. The lowest BCUT2D eigenvalue weighted by atomic mass is 10.2. The van der Waals surface area contributed by atoms with Gasteiger partial charge >= 0.3 is 0 Å². The van der Waals surface area contributed by atoms with Crippen LogP contribution >= 0.6 is 28.3 Å². The van der Waals surface area contributed by atoms with E-state index in [1.165, 1.54) is 12.5 Å². The van der Waals surface area contributed by atoms with Gasteiger partial charge in [-0.1, -0.05) is 6.07 Å². The van der Waals surface area contributed by atoms with Crippen molar-refractivity contribution in [2.24, 2.45) is 0 Å². The third kappa shape index (κ3) is 4.54. The maximum Gasteiger partial charge on any atom is 0.137 e. The van der Waals surface area contributed by atoms with Crippen LogP contribution < -0.4 is 5.32 Å². The third-order valence-electron chi connectivity index (χ3n) is 2.82. The van der Waals surface area contributed by atoms with Gasteiger partial charge in [0.1, 0.15) is 5.82 Å². The first-order valence-corrected chi connectivity index (χ1v) is 6.42. The first-order chi connectivity index (χ1) is 7.75. The highest BCUT2D eigenvalue weighted by Crippen LogP contribution is 2.18. The van der Waals surface area contributed by atoms with Crippen LogP contribution in [0, 0.1) is 5.82 Å². The minimum absolute atomic E-state index is 0. The second kappa shape index (κ2) is 7.31. The average Bonchev–Trinajstić information content (AvgIpc) is 2.52. The van der Waals surface area contributed by atoms with Crippen LogP contribution in [0.25, 0.3) is 0 Å². The van der Waals surface area contributed by atoms with E-state index in [4.69, 9.17) is 0 Å². The van der Waals surface area contributed by atoms with E-state index in [1.807, 2.05) is 12.1 Å². The molecule has 0 unspecified atom stereocenters. The van der Waals surface area contributed by atoms with E-state index in [0.717, 1.165) is 38.3 Å². The van der Waals surface area contributed by atoms with Crippen molar-refractivity contribution >= 4 is 28.3 Å². The number of nitrogens with zero attached hydrogens (tertiary/aromatic N) is 1. The summed E-state index contributed by atoms with van der Waals surface area (Å²) in [6, 6.07) is 5.25. The van der Waals surface area contributed by atoms with Crippen LogP contribution in [0.3, 0.4) is 0 Å². The van der Waals surface area contributed by atoms with Crippen molar-refractivity contribution in [3.05, 3.63) is 34.1 Å². The van der Waals surface area contributed by atoms with Gasteiger partial charge in [0.05, 0.1) is 4.47 Å². The molecule has 5 heteroatoms. The number of hydrogen-bond acceptors (Lipinski definition) is 2. The van der Waals surface area contributed by atoms with Gasteiger partial charge in [-0.15, -0.1) is 12.4 Å². The van der Waals surface area contributed by atoms with Gasteiger partial charge in [-0.2, -0.15) is 0 Å². The summed E-state index contributed by atoms with van der Waals surface area (Å²) in [5, 5.41) is 3.37. The summed E-state index contributed by atoms with van der Waals surface area (Å²) in [6.07, 6.45) is 1.18. The normalized spacial score (nSPS) is 17.3. The Balaban J connectivity index is 0.00000144. The van der Waals surface area contributed by atoms with E-state index < -0.39 is 0 Å². The first-order valence-electron chi connectivity index (χ1n) is 5.63. The maximum absolute atomic E-state index is 13.1. The molecule has 0 aromatic heterocycles. The van der Waals surface area contributed by atoms with Crippen LogP contribution in [0.1, 0.15) is 12.0 Å². The highest BCUT2D eigenvalue weighted by molar-refractivity contribution is 9.10. The van der Waals surface area contributed by atoms with E-state index in [1.54, 1.807) is 0 Å². The van der Waals surface area contributed by atoms with Crippen LogP contribution in [0.15, 0.2) is 22.7 Å². The van der Waals surface area contributed by atoms with Gasteiger partial charge in [0.2, 0.25) is 0 Å². The summed E-state index contributed by atoms with van der Waals surface area (Å²) < 4.78 is 13.6. The summed E-state index contributed by atoms with van der Waals surface area (Å²) in [4.78, 5) is 2.40. The average molecular weight is 324 g/mol. The molecular weight excluding hydrogens is 307 g/mol. The number of rotatable bonds is 2. The van der Waals surface area contributed by atoms with Crippen LogP contribution in [0.5, 0.6) is 0 Å². The van der Waals surface area contributed by atoms with Crippen LogP contribution in [0.2, 0.25) is 0 Å². The van der Waals surface area contributed by atoms with Crippen molar-refractivity contribution in [1.82, 2.24) is 10.2 Å². The molecule has 0 atom stereocenters. The van der Waals surface area contributed by atoms with E-state index in [2.05, 4.69) is 26.1 Å². The summed E-state index contributed by atoms with van der Waals surface area (Å²) in [5.74, 6) is -0.193. The molecule has 0 radical (unpaired) electrons. The van der Waals surface area contributed by atoms with Gasteiger partial charge in [-0.25, -0.2) is 4.39 Å². The maximum atomic E-state index is 13.1. The van der Waals surface area contributed by atoms with E-state index in [0.29, 0.717) is 4.47 Å². The second-order valence-corrected chi connectivity index (χ2v) is 4.98. The zero-order valence-electron chi connectivity index (χ0n) is 9.59. The van der Waals surface area contributed by atoms with Crippen molar-refractivity contribution in [2.75, 3.05) is 26.2 Å². The van der Waals surface area contributed by atoms with Crippen LogP contribution in [-0.2, 0) is 6.54 Å². The lowest BCUT2D eigenvalue weighted by Crippen LogP contribution is -2.27. The molecule has 0 bridgehead atoms. The molecule has 17 heavy (non-hydrogen) atoms. The highest BCUT2D eigenvalue weighted by Gasteiger charge is 2.09. The Kier molecular flexibility index (Phi) is 6.41. The molecule has 1 saturated heterocycles. The fourth-order valence-corrected chi connectivity index (χ4v) is 2.38. The molecule has 1 aromatic rings. The molecule has 1 aromatic carbocycles. The second-order valence-electron chi connectivity index (χ2n) is 4.13. The molecule has 1 heterocycles. The molecule has 0 aliphatic carbocycles. The molecule has 1 aliphatic heterocycles. The molecule has 1 fully saturated rings. The van der Waals surface area contributed by atoms with Crippen molar-refractivity contribution in [2.45, 2.75) is 13.0 Å². The predicted octanol–water partition coefficient (Wildman–Crippen LogP) is 2.81. The third-order valence-corrected chi connectivity index (χ3v) is 3.43. The first kappa shape index (κ1) is 14.9. The fourth-order valence-electron chi connectivity index (χ4n) is 1.96. The van der Waals surface area contributed by atoms with Crippen LogP contribution in [0.4, 0.5) is 4.39 Å². The van der Waals surface area contributed by atoms with Gasteiger partial charge in [-0.3, -0.25) is 4.90 Å². The molecule has 96 valence electrons. The molecule has 1 N–H and O–H groups in total. The minimum atomic E-state index is -0.193. The highest BCUT2D eigenvalue weighted by atomic mass is 79.9. The monoisotopic (exact) mass is 322 g/mol. The van der Waals surface area contributed by atoms with Crippen molar-refractivity contribution in [3.8, 4) is 0 Å². The predicted molar refractivity (Wildman–Crippen MR) is 74.1 cm³/mol. The Labute approximate surface area is 116 Å². The fraction of sp³-hybridized carbons (Fsp3) is 0.500. The van der Waals surface area contributed by atoms with Gasteiger partial charge in [0.15, 0.2) is 0 Å². The molecule has 1 aliphatic rings. The van der Waals surface area contributed by atoms with Gasteiger partial charge in [-0.05, 0) is 53.1 Å². The number of hydrogen-bond donors (Lipinski definition) is 1. The standard InChI is InChI=1S/C12H16BrFN2.ClH/c13-11-8-10(2-3-12(11)14)9-16-6-1-4-15-5-7-16;/h2-3,8,15H,1,4-7,9H2;1H. The molecule has 0 spiro atoms. The molecule has 0 amide bonds. The van der Waals surface area contributed by atoms with E-state index in [9.17, 15) is 4.39 Å². The smallest absolute Gasteiger partial charge is 0.137 e. The number of halogens is 3. The van der Waals surface area contributed by atoms with Gasteiger partial charge < -0.3 is 5.32 Å². The lowest BCUT2D eigenvalue weighted by Gasteiger charge is -2.19. The molecule has 2 nitrogen and oxygen atoms in total. The summed E-state index contributed by atoms with van der Waals surface area (Å²) in [6.45, 7) is 5.23. The Hall–Kier alpha value is -0.160. The summed E-state index contributed by atoms with van der Waals surface area (Å²) in [7, 11) is 0. The topological polar surface area (TPSA) is 15.3 Å². The molecule has 2 rings (SSSR count). The van der Waals surface area contributed by atoms with E-state index >= 15 is 0 Å². The number of benzene rings is 1. The van der Waals surface area contributed by atoms with Crippen molar-refractivity contribution < 1.29 is 4.39 Å². The minimum Gasteiger partial charge on any atom is -0.315 e. The molecule has 0 saturated carbocycles. The SMILES string of the molecule is Cl.Fc1ccc(CN2CCCNCC2)cc1Br. The molecular formula is C12H17BrClFN2. The largest absolute Gasteiger partial charge is 0.315 e. The summed E-state index contributed by atoms with van der Waals surface area (Å²) >= 11 is 3.22. The Bertz CT molecular complexity index is 354. The van der Waals surface area contributed by atoms with Crippen molar-refractivity contribution in [1.29, 1.82) is 0 Å². The quantitative estimate of drug-likeness (QED) is 0.900. The zero-order valence-corrected chi connectivity index (χ0v) is 12.0. The Morgan fingerprint density at radius 3 is 2.88 bits per heavy atom. The van der Waals surface area contributed by atoms with Crippen molar-refractivity contribution in [3.63, 3.8) is 0 Å². The Morgan fingerprint density at radius 2 is 2.12 bits per heavy atom. The number of nitrogens with one attached hydrogen (secondary N) is 1. The van der Waals surface area contributed by atoms with E-state index in [-0.39, 0.29) is 18.2 Å². The summed E-state index contributed by atoms with van der Waals surface area (Å²) in [5.41, 5.74) is 1.16. The zero-order chi connectivity index (χ0) is 11.4.